The average molecular weight is 488 g/mol. The van der Waals surface area contributed by atoms with Crippen LogP contribution in [-0.2, 0) is 19.9 Å². The Morgan fingerprint density at radius 1 is 1.24 bits per heavy atom. The van der Waals surface area contributed by atoms with Gasteiger partial charge in [-0.05, 0) is 44.4 Å². The number of rotatable bonds is 7. The zero-order valence-electron chi connectivity index (χ0n) is 18.1. The fourth-order valence-electron chi connectivity index (χ4n) is 3.49. The number of amides is 4. The van der Waals surface area contributed by atoms with Crippen LogP contribution in [0.2, 0.25) is 0 Å². The highest BCUT2D eigenvalue weighted by Crippen LogP contribution is 2.38. The van der Waals surface area contributed by atoms with Crippen LogP contribution < -0.4 is 10.6 Å². The van der Waals surface area contributed by atoms with E-state index in [0.29, 0.717) is 16.3 Å². The maximum absolute atomic E-state index is 13.0. The fourth-order valence-corrected chi connectivity index (χ4v) is 5.28. The Morgan fingerprint density at radius 2 is 2.03 bits per heavy atom. The van der Waals surface area contributed by atoms with E-state index in [1.165, 1.54) is 29.6 Å². The summed E-state index contributed by atoms with van der Waals surface area (Å²) in [4.78, 5) is 52.6. The van der Waals surface area contributed by atoms with Gasteiger partial charge in [0.25, 0.3) is 5.91 Å². The minimum absolute atomic E-state index is 0.180. The number of imide groups is 1. The molecule has 11 heteroatoms. The van der Waals surface area contributed by atoms with Gasteiger partial charge in [0, 0.05) is 15.8 Å². The number of urea groups is 1. The maximum atomic E-state index is 13.0. The van der Waals surface area contributed by atoms with Gasteiger partial charge in [-0.3, -0.25) is 14.5 Å². The minimum Gasteiger partial charge on any atom is -0.463 e. The number of nitrogens with one attached hydrogen (secondary N) is 2. The summed E-state index contributed by atoms with van der Waals surface area (Å²) >= 11 is 2.63. The van der Waals surface area contributed by atoms with E-state index in [0.717, 1.165) is 9.78 Å². The molecule has 172 valence electrons. The molecule has 1 saturated heterocycles. The summed E-state index contributed by atoms with van der Waals surface area (Å²) in [6, 6.07) is 6.32. The molecule has 4 amide bonds. The van der Waals surface area contributed by atoms with Gasteiger partial charge in [0.2, 0.25) is 5.91 Å². The first-order chi connectivity index (χ1) is 15.7. The molecular weight excluding hydrogens is 466 g/mol. The number of thiophene rings is 2. The van der Waals surface area contributed by atoms with Gasteiger partial charge in [0.1, 0.15) is 28.6 Å². The van der Waals surface area contributed by atoms with Gasteiger partial charge in [-0.2, -0.15) is 0 Å². The van der Waals surface area contributed by atoms with Crippen molar-refractivity contribution in [2.75, 3.05) is 18.5 Å². The van der Waals surface area contributed by atoms with Gasteiger partial charge in [-0.25, -0.2) is 9.59 Å². The number of furan rings is 1. The Labute approximate surface area is 197 Å². The van der Waals surface area contributed by atoms with Crippen LogP contribution in [0.4, 0.5) is 9.80 Å². The predicted octanol–water partition coefficient (Wildman–Crippen LogP) is 3.96. The van der Waals surface area contributed by atoms with Crippen LogP contribution in [0.15, 0.2) is 39.4 Å². The molecule has 33 heavy (non-hydrogen) atoms. The third kappa shape index (κ3) is 4.16. The molecule has 1 fully saturated rings. The molecule has 0 saturated carbocycles. The predicted molar refractivity (Wildman–Crippen MR) is 123 cm³/mol. The Morgan fingerprint density at radius 3 is 2.67 bits per heavy atom. The smallest absolute Gasteiger partial charge is 0.341 e. The largest absolute Gasteiger partial charge is 0.463 e. The van der Waals surface area contributed by atoms with E-state index < -0.39 is 35.9 Å². The van der Waals surface area contributed by atoms with Crippen molar-refractivity contribution in [1.82, 2.24) is 10.2 Å². The Balaban J connectivity index is 1.54. The molecule has 9 nitrogen and oxygen atoms in total. The van der Waals surface area contributed by atoms with Gasteiger partial charge < -0.3 is 19.8 Å². The second-order valence-electron chi connectivity index (χ2n) is 7.46. The molecule has 0 aromatic carbocycles. The van der Waals surface area contributed by atoms with Crippen LogP contribution in [-0.4, -0.2) is 41.9 Å². The van der Waals surface area contributed by atoms with Crippen LogP contribution in [0.5, 0.6) is 0 Å². The van der Waals surface area contributed by atoms with Gasteiger partial charge in [-0.15, -0.1) is 22.7 Å². The number of ether oxygens (including phenoxy) is 1. The van der Waals surface area contributed by atoms with Crippen molar-refractivity contribution in [1.29, 1.82) is 0 Å². The second-order valence-corrected chi connectivity index (χ2v) is 9.28. The third-order valence-corrected chi connectivity index (χ3v) is 6.92. The zero-order valence-corrected chi connectivity index (χ0v) is 19.7. The molecule has 0 aliphatic carbocycles. The summed E-state index contributed by atoms with van der Waals surface area (Å²) in [5.41, 5.74) is -0.512. The molecule has 1 unspecified atom stereocenters. The number of carbonyl (C=O) groups excluding carboxylic acids is 4. The van der Waals surface area contributed by atoms with Crippen LogP contribution in [0, 0.1) is 6.92 Å². The monoisotopic (exact) mass is 487 g/mol. The van der Waals surface area contributed by atoms with Crippen molar-refractivity contribution >= 4 is 51.5 Å². The van der Waals surface area contributed by atoms with E-state index in [1.807, 2.05) is 17.5 Å². The molecule has 3 aromatic rings. The highest BCUT2D eigenvalue weighted by molar-refractivity contribution is 7.17. The molecule has 3 aromatic heterocycles. The van der Waals surface area contributed by atoms with Gasteiger partial charge >= 0.3 is 12.0 Å². The summed E-state index contributed by atoms with van der Waals surface area (Å²) in [6.07, 6.45) is 0. The van der Waals surface area contributed by atoms with Crippen molar-refractivity contribution < 1.29 is 28.3 Å². The first-order valence-electron chi connectivity index (χ1n) is 10.1. The van der Waals surface area contributed by atoms with Gasteiger partial charge in [0.15, 0.2) is 5.54 Å². The first-order valence-corrected chi connectivity index (χ1v) is 11.8. The molecule has 1 aliphatic heterocycles. The van der Waals surface area contributed by atoms with Crippen LogP contribution >= 0.6 is 22.7 Å². The standard InChI is InChI=1S/C22H21N3O6S2/c1-4-30-19(27)17-13(14-6-5-9-32-14)11-33-18(17)23-16(26)10-25-20(28)22(3,24-21(25)29)15-8-7-12(2)31-15/h5-9,11H,4,10H2,1-3H3,(H,23,26)(H,24,29). The van der Waals surface area contributed by atoms with E-state index in [1.54, 1.807) is 31.4 Å². The summed E-state index contributed by atoms with van der Waals surface area (Å²) in [6.45, 7) is 4.61. The quantitative estimate of drug-likeness (QED) is 0.385. The summed E-state index contributed by atoms with van der Waals surface area (Å²) in [5, 5.41) is 9.19. The highest BCUT2D eigenvalue weighted by atomic mass is 32.1. The van der Waals surface area contributed by atoms with E-state index in [9.17, 15) is 19.2 Å². The van der Waals surface area contributed by atoms with Crippen LogP contribution in [0.3, 0.4) is 0 Å². The lowest BCUT2D eigenvalue weighted by Gasteiger charge is -2.19. The zero-order chi connectivity index (χ0) is 23.8. The Hall–Kier alpha value is -3.44. The van der Waals surface area contributed by atoms with E-state index in [-0.39, 0.29) is 17.9 Å². The minimum atomic E-state index is -1.41. The number of hydrogen-bond donors (Lipinski definition) is 2. The van der Waals surface area contributed by atoms with Crippen molar-refractivity contribution in [3.05, 3.63) is 52.1 Å². The van der Waals surface area contributed by atoms with Crippen molar-refractivity contribution in [2.24, 2.45) is 0 Å². The molecule has 2 N–H and O–H groups in total. The first kappa shape index (κ1) is 22.7. The molecule has 1 atom stereocenters. The van der Waals surface area contributed by atoms with E-state index in [4.69, 9.17) is 9.15 Å². The molecule has 4 heterocycles. The molecule has 0 bridgehead atoms. The molecule has 0 spiro atoms. The Bertz CT molecular complexity index is 1230. The lowest BCUT2D eigenvalue weighted by atomic mass is 9.99. The average Bonchev–Trinajstić information content (AvgIpc) is 3.54. The number of nitrogens with zero attached hydrogens (tertiary/aromatic N) is 1. The SMILES string of the molecule is CCOC(=O)c1c(-c2cccs2)csc1NC(=O)CN1C(=O)NC(C)(c2ccc(C)o2)C1=O. The second kappa shape index (κ2) is 8.83. The maximum Gasteiger partial charge on any atom is 0.341 e. The van der Waals surface area contributed by atoms with Crippen molar-refractivity contribution in [2.45, 2.75) is 26.3 Å². The molecule has 0 radical (unpaired) electrons. The highest BCUT2D eigenvalue weighted by Gasteiger charge is 2.51. The number of esters is 1. The number of anilines is 1. The number of carbonyl (C=O) groups is 4. The molecule has 4 rings (SSSR count). The molecular formula is C22H21N3O6S2. The topological polar surface area (TPSA) is 118 Å². The van der Waals surface area contributed by atoms with Crippen LogP contribution in [0.1, 0.15) is 35.7 Å². The van der Waals surface area contributed by atoms with Gasteiger partial charge in [-0.1, -0.05) is 6.07 Å². The summed E-state index contributed by atoms with van der Waals surface area (Å²) in [5.74, 6) is -0.912. The number of hydrogen-bond acceptors (Lipinski definition) is 8. The number of aryl methyl sites for hydroxylation is 1. The van der Waals surface area contributed by atoms with Gasteiger partial charge in [0.05, 0.1) is 6.61 Å². The van der Waals surface area contributed by atoms with E-state index >= 15 is 0 Å². The lowest BCUT2D eigenvalue weighted by molar-refractivity contribution is -0.134. The summed E-state index contributed by atoms with van der Waals surface area (Å²) in [7, 11) is 0. The van der Waals surface area contributed by atoms with Crippen LogP contribution in [0.25, 0.3) is 10.4 Å². The van der Waals surface area contributed by atoms with E-state index in [2.05, 4.69) is 10.6 Å². The third-order valence-electron chi connectivity index (χ3n) is 5.12. The normalized spacial score (nSPS) is 17.8. The van der Waals surface area contributed by atoms with Crippen molar-refractivity contribution in [3.8, 4) is 10.4 Å². The molecule has 1 aliphatic rings. The van der Waals surface area contributed by atoms with Crippen molar-refractivity contribution in [3.63, 3.8) is 0 Å². The summed E-state index contributed by atoms with van der Waals surface area (Å²) < 4.78 is 10.7. The fraction of sp³-hybridized carbons (Fsp3) is 0.273. The lowest BCUT2D eigenvalue weighted by Crippen LogP contribution is -2.41. The Kier molecular flexibility index (Phi) is 6.09.